The molecule has 0 saturated carbocycles. The van der Waals surface area contributed by atoms with E-state index in [0.717, 1.165) is 0 Å². The molecule has 0 aliphatic rings. The number of hydrogen-bond acceptors (Lipinski definition) is 2. The fraction of sp³-hybridized carbons (Fsp3) is 0.857. The Kier molecular flexibility index (Phi) is 3.25. The first kappa shape index (κ1) is 9.85. The van der Waals surface area contributed by atoms with Crippen LogP contribution in [-0.4, -0.2) is 16.7 Å². The first-order valence-corrected chi connectivity index (χ1v) is 3.71. The Morgan fingerprint density at radius 3 is 2.00 bits per heavy atom. The minimum Gasteiger partial charge on any atom is -0.391 e. The third kappa shape index (κ3) is 4.70. The van der Waals surface area contributed by atoms with E-state index in [1.165, 1.54) is 0 Å². The fourth-order valence-corrected chi connectivity index (χ4v) is 0.637. The van der Waals surface area contributed by atoms with Gasteiger partial charge in [0.05, 0.1) is 5.60 Å². The van der Waals surface area contributed by atoms with Crippen molar-refractivity contribution in [2.45, 2.75) is 39.4 Å². The zero-order valence-corrected chi connectivity index (χ0v) is 7.79. The zero-order valence-electron chi connectivity index (χ0n) is 6.97. The summed E-state index contributed by atoms with van der Waals surface area (Å²) in [5, 5.41) is 0. The van der Waals surface area contributed by atoms with Crippen molar-refractivity contribution in [2.75, 3.05) is 0 Å². The van der Waals surface area contributed by atoms with Crippen LogP contribution in [0.3, 0.4) is 0 Å². The van der Waals surface area contributed by atoms with Gasteiger partial charge in [0.25, 0.3) is 0 Å². The van der Waals surface area contributed by atoms with Crippen molar-refractivity contribution in [3.63, 3.8) is 0 Å². The minimum atomic E-state index is -0.164. The maximum atomic E-state index is 5.43. The topological polar surface area (TPSA) is 35.2 Å². The van der Waals surface area contributed by atoms with Gasteiger partial charge in [0, 0.05) is 0 Å². The van der Waals surface area contributed by atoms with E-state index in [9.17, 15) is 0 Å². The first-order valence-electron chi connectivity index (χ1n) is 3.30. The van der Waals surface area contributed by atoms with E-state index >= 15 is 0 Å². The van der Waals surface area contributed by atoms with Crippen molar-refractivity contribution >= 4 is 17.2 Å². The fourth-order valence-electron chi connectivity index (χ4n) is 0.588. The Morgan fingerprint density at radius 1 is 1.50 bits per heavy atom. The molecular formula is C7H15NOS. The second-order valence-corrected chi connectivity index (χ2v) is 3.75. The molecular weight excluding hydrogens is 146 g/mol. The number of ether oxygens (including phenoxy) is 1. The van der Waals surface area contributed by atoms with Crippen LogP contribution >= 0.6 is 12.2 Å². The molecule has 0 aromatic carbocycles. The van der Waals surface area contributed by atoms with Gasteiger partial charge in [-0.3, -0.25) is 0 Å². The van der Waals surface area contributed by atoms with Gasteiger partial charge in [-0.15, -0.1) is 0 Å². The molecule has 0 amide bonds. The molecule has 0 fully saturated rings. The van der Waals surface area contributed by atoms with Gasteiger partial charge < -0.3 is 10.5 Å². The Balaban J connectivity index is 3.80. The van der Waals surface area contributed by atoms with Crippen LogP contribution < -0.4 is 5.73 Å². The summed E-state index contributed by atoms with van der Waals surface area (Å²) >= 11 is 4.74. The predicted octanol–water partition coefficient (Wildman–Crippen LogP) is 1.48. The molecule has 0 heterocycles. The third-order valence-corrected chi connectivity index (χ3v) is 1.26. The van der Waals surface area contributed by atoms with E-state index in [1.807, 2.05) is 27.7 Å². The van der Waals surface area contributed by atoms with Crippen LogP contribution in [0.2, 0.25) is 0 Å². The minimum absolute atomic E-state index is 0.130. The van der Waals surface area contributed by atoms with Gasteiger partial charge in [0.15, 0.2) is 0 Å². The summed E-state index contributed by atoms with van der Waals surface area (Å²) in [6.45, 7) is 7.78. The molecule has 1 atom stereocenters. The summed E-state index contributed by atoms with van der Waals surface area (Å²) in [5.41, 5.74) is 5.19. The first-order chi connectivity index (χ1) is 4.33. The Bertz CT molecular complexity index is 128. The monoisotopic (exact) mass is 161 g/mol. The van der Waals surface area contributed by atoms with Gasteiger partial charge in [-0.1, -0.05) is 12.2 Å². The highest BCUT2D eigenvalue weighted by atomic mass is 32.1. The van der Waals surface area contributed by atoms with E-state index in [2.05, 4.69) is 0 Å². The van der Waals surface area contributed by atoms with Gasteiger partial charge in [0.2, 0.25) is 0 Å². The van der Waals surface area contributed by atoms with Crippen LogP contribution in [0, 0.1) is 0 Å². The highest BCUT2D eigenvalue weighted by Crippen LogP contribution is 2.10. The highest BCUT2D eigenvalue weighted by Gasteiger charge is 2.16. The smallest absolute Gasteiger partial charge is 0.105 e. The second-order valence-electron chi connectivity index (χ2n) is 3.27. The molecule has 60 valence electrons. The summed E-state index contributed by atoms with van der Waals surface area (Å²) in [5.74, 6) is 0. The number of thiocarbonyl (C=S) groups is 1. The van der Waals surface area contributed by atoms with Gasteiger partial charge in [-0.2, -0.15) is 0 Å². The second kappa shape index (κ2) is 3.30. The third-order valence-electron chi connectivity index (χ3n) is 0.931. The van der Waals surface area contributed by atoms with Crippen molar-refractivity contribution in [3.8, 4) is 0 Å². The van der Waals surface area contributed by atoms with Crippen molar-refractivity contribution < 1.29 is 4.74 Å². The maximum absolute atomic E-state index is 5.43. The molecule has 0 aromatic heterocycles. The van der Waals surface area contributed by atoms with Crippen LogP contribution in [0.1, 0.15) is 27.7 Å². The number of hydrogen-bond donors (Lipinski definition) is 1. The van der Waals surface area contributed by atoms with Gasteiger partial charge in [-0.25, -0.2) is 0 Å². The molecule has 3 heteroatoms. The normalized spacial score (nSPS) is 14.8. The molecule has 0 radical (unpaired) electrons. The predicted molar refractivity (Wildman–Crippen MR) is 47.1 cm³/mol. The van der Waals surface area contributed by atoms with Crippen LogP contribution in [0.15, 0.2) is 0 Å². The summed E-state index contributed by atoms with van der Waals surface area (Å²) in [6.07, 6.45) is -0.130. The van der Waals surface area contributed by atoms with Gasteiger partial charge in [0.1, 0.15) is 11.1 Å². The molecule has 0 bridgehead atoms. The molecule has 10 heavy (non-hydrogen) atoms. The van der Waals surface area contributed by atoms with Crippen molar-refractivity contribution in [1.29, 1.82) is 0 Å². The van der Waals surface area contributed by atoms with Crippen LogP contribution in [0.25, 0.3) is 0 Å². The average Bonchev–Trinajstić information content (AvgIpc) is 1.60. The lowest BCUT2D eigenvalue weighted by Gasteiger charge is -2.24. The largest absolute Gasteiger partial charge is 0.391 e. The van der Waals surface area contributed by atoms with E-state index in [-0.39, 0.29) is 11.7 Å². The Morgan fingerprint density at radius 2 is 1.90 bits per heavy atom. The number of nitrogens with two attached hydrogens (primary N) is 1. The lowest BCUT2D eigenvalue weighted by atomic mass is 10.2. The Hall–Kier alpha value is -0.150. The summed E-state index contributed by atoms with van der Waals surface area (Å²) in [4.78, 5) is 0.412. The van der Waals surface area contributed by atoms with Gasteiger partial charge >= 0.3 is 0 Å². The summed E-state index contributed by atoms with van der Waals surface area (Å²) in [7, 11) is 0. The Labute approximate surface area is 67.7 Å². The van der Waals surface area contributed by atoms with E-state index in [4.69, 9.17) is 22.7 Å². The average molecular weight is 161 g/mol. The van der Waals surface area contributed by atoms with Crippen molar-refractivity contribution in [3.05, 3.63) is 0 Å². The van der Waals surface area contributed by atoms with Crippen LogP contribution in [0.4, 0.5) is 0 Å². The lowest BCUT2D eigenvalue weighted by molar-refractivity contribution is -0.0208. The lowest BCUT2D eigenvalue weighted by Crippen LogP contribution is -2.34. The maximum Gasteiger partial charge on any atom is 0.105 e. The SMILES string of the molecule is CC(OC(C)(C)C)C(N)=S. The van der Waals surface area contributed by atoms with Crippen LogP contribution in [-0.2, 0) is 4.74 Å². The molecule has 0 aliphatic carbocycles. The number of rotatable bonds is 2. The van der Waals surface area contributed by atoms with E-state index in [1.54, 1.807) is 0 Å². The molecule has 0 aliphatic heterocycles. The quantitative estimate of drug-likeness (QED) is 0.623. The molecule has 0 spiro atoms. The molecule has 2 N–H and O–H groups in total. The molecule has 0 aromatic rings. The molecule has 2 nitrogen and oxygen atoms in total. The van der Waals surface area contributed by atoms with Crippen LogP contribution in [0.5, 0.6) is 0 Å². The summed E-state index contributed by atoms with van der Waals surface area (Å²) in [6, 6.07) is 0. The van der Waals surface area contributed by atoms with Gasteiger partial charge in [-0.05, 0) is 27.7 Å². The van der Waals surface area contributed by atoms with E-state index < -0.39 is 0 Å². The molecule has 0 saturated heterocycles. The van der Waals surface area contributed by atoms with E-state index in [0.29, 0.717) is 4.99 Å². The zero-order chi connectivity index (χ0) is 8.36. The molecule has 0 rings (SSSR count). The summed E-state index contributed by atoms with van der Waals surface area (Å²) < 4.78 is 5.43. The highest BCUT2D eigenvalue weighted by molar-refractivity contribution is 7.80. The standard InChI is InChI=1S/C7H15NOS/c1-5(6(8)10)9-7(2,3)4/h5H,1-4H3,(H2,8,10). The molecule has 1 unspecified atom stereocenters. The van der Waals surface area contributed by atoms with Crippen molar-refractivity contribution in [2.24, 2.45) is 5.73 Å². The van der Waals surface area contributed by atoms with Crippen molar-refractivity contribution in [1.82, 2.24) is 0 Å².